The number of fused-ring (bicyclic) bond motifs is 8. The van der Waals surface area contributed by atoms with E-state index in [2.05, 4.69) is 217 Å². The standard InChI is InChI=1S/C54H35NO/c1-4-15-36(16-5-1)40-22-14-23-41(33-40)55(43-29-32-51-49(34-43)48-30-27-37-17-10-11-24-44(37)54(48)56-51)42-28-31-46-45-25-12-13-26-47(45)52(38-18-6-2-7-19-38)53(50(46)35-42)39-20-8-3-9-21-39/h1-35H. The molecule has 2 nitrogen and oxygen atoms in total. The van der Waals surface area contributed by atoms with Gasteiger partial charge in [-0.2, -0.15) is 0 Å². The normalized spacial score (nSPS) is 11.6. The molecule has 2 heteroatoms. The van der Waals surface area contributed by atoms with E-state index < -0.39 is 0 Å². The molecule has 11 rings (SSSR count). The lowest BCUT2D eigenvalue weighted by atomic mass is 9.85. The second-order valence-corrected chi connectivity index (χ2v) is 14.5. The molecular formula is C54H35NO. The van der Waals surface area contributed by atoms with Crippen molar-refractivity contribution in [2.24, 2.45) is 0 Å². The van der Waals surface area contributed by atoms with Gasteiger partial charge in [-0.1, -0.05) is 164 Å². The molecule has 0 amide bonds. The van der Waals surface area contributed by atoms with Crippen molar-refractivity contribution < 1.29 is 4.42 Å². The largest absolute Gasteiger partial charge is 0.455 e. The van der Waals surface area contributed by atoms with Crippen molar-refractivity contribution in [3.8, 4) is 33.4 Å². The zero-order chi connectivity index (χ0) is 37.0. The molecule has 1 heterocycles. The van der Waals surface area contributed by atoms with Crippen molar-refractivity contribution >= 4 is 71.3 Å². The highest BCUT2D eigenvalue weighted by Gasteiger charge is 2.21. The van der Waals surface area contributed by atoms with E-state index in [1.54, 1.807) is 0 Å². The van der Waals surface area contributed by atoms with Gasteiger partial charge in [-0.25, -0.2) is 0 Å². The van der Waals surface area contributed by atoms with Gasteiger partial charge in [0.25, 0.3) is 0 Å². The van der Waals surface area contributed by atoms with E-state index >= 15 is 0 Å². The van der Waals surface area contributed by atoms with Crippen molar-refractivity contribution in [2.45, 2.75) is 0 Å². The third-order valence-electron chi connectivity index (χ3n) is 11.2. The third kappa shape index (κ3) is 5.26. The van der Waals surface area contributed by atoms with Crippen LogP contribution in [0.25, 0.3) is 87.6 Å². The minimum absolute atomic E-state index is 0.877. The Hall–Kier alpha value is -7.42. The Balaban J connectivity index is 1.21. The van der Waals surface area contributed by atoms with Gasteiger partial charge in [-0.05, 0) is 109 Å². The molecule has 0 aliphatic carbocycles. The predicted octanol–water partition coefficient (Wildman–Crippen LogP) is 15.5. The Morgan fingerprint density at radius 1 is 0.286 bits per heavy atom. The maximum Gasteiger partial charge on any atom is 0.143 e. The fourth-order valence-electron chi connectivity index (χ4n) is 8.66. The first-order valence-electron chi connectivity index (χ1n) is 19.2. The summed E-state index contributed by atoms with van der Waals surface area (Å²) in [7, 11) is 0. The summed E-state index contributed by atoms with van der Waals surface area (Å²) in [5.74, 6) is 0. The van der Waals surface area contributed by atoms with Gasteiger partial charge in [-0.15, -0.1) is 0 Å². The first-order valence-corrected chi connectivity index (χ1v) is 19.2. The molecule has 1 aromatic heterocycles. The lowest BCUT2D eigenvalue weighted by Crippen LogP contribution is -2.10. The third-order valence-corrected chi connectivity index (χ3v) is 11.2. The van der Waals surface area contributed by atoms with E-state index in [-0.39, 0.29) is 0 Å². The van der Waals surface area contributed by atoms with E-state index in [4.69, 9.17) is 4.42 Å². The molecule has 0 saturated carbocycles. The summed E-state index contributed by atoms with van der Waals surface area (Å²) >= 11 is 0. The number of hydrogen-bond donors (Lipinski definition) is 0. The number of benzene rings is 10. The molecule has 0 bridgehead atoms. The zero-order valence-electron chi connectivity index (χ0n) is 30.6. The van der Waals surface area contributed by atoms with Crippen molar-refractivity contribution in [3.63, 3.8) is 0 Å². The number of rotatable bonds is 6. The topological polar surface area (TPSA) is 16.4 Å². The Morgan fingerprint density at radius 2 is 0.804 bits per heavy atom. The molecule has 262 valence electrons. The lowest BCUT2D eigenvalue weighted by Gasteiger charge is -2.27. The average Bonchev–Trinajstić information content (AvgIpc) is 3.66. The second kappa shape index (κ2) is 13.2. The fraction of sp³-hybridized carbons (Fsp3) is 0. The maximum atomic E-state index is 6.59. The molecule has 0 aliphatic rings. The summed E-state index contributed by atoms with van der Waals surface area (Å²) in [6.07, 6.45) is 0. The summed E-state index contributed by atoms with van der Waals surface area (Å²) < 4.78 is 6.59. The Kier molecular flexibility index (Phi) is 7.53. The molecule has 10 aromatic carbocycles. The SMILES string of the molecule is c1ccc(-c2cccc(N(c3ccc4c(c3)c(-c3ccccc3)c(-c3ccccc3)c3ccccc34)c3ccc4oc5c6ccccc6ccc5c4c3)c2)cc1. The van der Waals surface area contributed by atoms with Crippen molar-refractivity contribution in [1.82, 2.24) is 0 Å². The smallest absolute Gasteiger partial charge is 0.143 e. The van der Waals surface area contributed by atoms with Crippen LogP contribution < -0.4 is 4.90 Å². The minimum atomic E-state index is 0.877. The summed E-state index contributed by atoms with van der Waals surface area (Å²) in [5, 5.41) is 9.42. The molecule has 11 aromatic rings. The van der Waals surface area contributed by atoms with Gasteiger partial charge in [0.15, 0.2) is 0 Å². The van der Waals surface area contributed by atoms with Gasteiger partial charge in [0.05, 0.1) is 0 Å². The van der Waals surface area contributed by atoms with Gasteiger partial charge < -0.3 is 9.32 Å². The molecule has 0 fully saturated rings. The Labute approximate surface area is 325 Å². The van der Waals surface area contributed by atoms with Crippen LogP contribution in [0.4, 0.5) is 17.1 Å². The van der Waals surface area contributed by atoms with Gasteiger partial charge >= 0.3 is 0 Å². The molecule has 0 spiro atoms. The highest BCUT2D eigenvalue weighted by Crippen LogP contribution is 2.47. The number of hydrogen-bond acceptors (Lipinski definition) is 2. The van der Waals surface area contributed by atoms with Crippen LogP contribution in [0.2, 0.25) is 0 Å². The van der Waals surface area contributed by atoms with Crippen LogP contribution in [-0.2, 0) is 0 Å². The maximum absolute atomic E-state index is 6.59. The monoisotopic (exact) mass is 713 g/mol. The summed E-state index contributed by atoms with van der Waals surface area (Å²) in [5.41, 5.74) is 12.2. The van der Waals surface area contributed by atoms with Crippen LogP contribution in [0.15, 0.2) is 217 Å². The minimum Gasteiger partial charge on any atom is -0.455 e. The molecule has 56 heavy (non-hydrogen) atoms. The molecule has 0 radical (unpaired) electrons. The van der Waals surface area contributed by atoms with Crippen molar-refractivity contribution in [2.75, 3.05) is 4.90 Å². The fourth-order valence-corrected chi connectivity index (χ4v) is 8.66. The zero-order valence-corrected chi connectivity index (χ0v) is 30.6. The predicted molar refractivity (Wildman–Crippen MR) is 237 cm³/mol. The molecule has 0 unspecified atom stereocenters. The van der Waals surface area contributed by atoms with Crippen molar-refractivity contribution in [1.29, 1.82) is 0 Å². The summed E-state index contributed by atoms with van der Waals surface area (Å²) in [6.45, 7) is 0. The van der Waals surface area contributed by atoms with Crippen LogP contribution in [0.1, 0.15) is 0 Å². The number of anilines is 3. The number of nitrogens with zero attached hydrogens (tertiary/aromatic N) is 1. The van der Waals surface area contributed by atoms with Crippen LogP contribution in [-0.4, -0.2) is 0 Å². The summed E-state index contributed by atoms with van der Waals surface area (Å²) in [6, 6.07) is 76.5. The van der Waals surface area contributed by atoms with Crippen LogP contribution in [0.5, 0.6) is 0 Å². The molecule has 0 atom stereocenters. The first-order chi connectivity index (χ1) is 27.8. The van der Waals surface area contributed by atoms with Gasteiger partial charge in [0.2, 0.25) is 0 Å². The number of furan rings is 1. The Bertz CT molecular complexity index is 3240. The van der Waals surface area contributed by atoms with Gasteiger partial charge in [-0.3, -0.25) is 0 Å². The summed E-state index contributed by atoms with van der Waals surface area (Å²) in [4.78, 5) is 2.40. The van der Waals surface area contributed by atoms with E-state index in [9.17, 15) is 0 Å². The molecule has 0 N–H and O–H groups in total. The van der Waals surface area contributed by atoms with E-state index in [0.717, 1.165) is 50.0 Å². The van der Waals surface area contributed by atoms with Crippen molar-refractivity contribution in [3.05, 3.63) is 212 Å². The van der Waals surface area contributed by atoms with E-state index in [0.29, 0.717) is 0 Å². The van der Waals surface area contributed by atoms with Crippen LogP contribution in [0, 0.1) is 0 Å². The van der Waals surface area contributed by atoms with E-state index in [1.807, 2.05) is 0 Å². The highest BCUT2D eigenvalue weighted by molar-refractivity contribution is 6.22. The Morgan fingerprint density at radius 3 is 1.54 bits per heavy atom. The van der Waals surface area contributed by atoms with Crippen LogP contribution in [0.3, 0.4) is 0 Å². The van der Waals surface area contributed by atoms with Crippen LogP contribution >= 0.6 is 0 Å². The average molecular weight is 714 g/mol. The van der Waals surface area contributed by atoms with E-state index in [1.165, 1.54) is 54.7 Å². The highest BCUT2D eigenvalue weighted by atomic mass is 16.3. The molecule has 0 saturated heterocycles. The first kappa shape index (κ1) is 32.0. The lowest BCUT2D eigenvalue weighted by molar-refractivity contribution is 0.672. The quantitative estimate of drug-likeness (QED) is 0.160. The van der Waals surface area contributed by atoms with Gasteiger partial charge in [0.1, 0.15) is 11.2 Å². The molecular weight excluding hydrogens is 679 g/mol. The second-order valence-electron chi connectivity index (χ2n) is 14.5. The molecule has 0 aliphatic heterocycles. The van der Waals surface area contributed by atoms with Gasteiger partial charge in [0, 0.05) is 33.2 Å².